The SMILES string of the molecule is COC(=O)c1ccc(S(=O)(=O)N(C)C2CCNCC2)cc1.Cl. The van der Waals surface area contributed by atoms with Crippen molar-refractivity contribution in [3.8, 4) is 0 Å². The molecule has 1 N–H and O–H groups in total. The van der Waals surface area contributed by atoms with Gasteiger partial charge in [-0.05, 0) is 50.2 Å². The quantitative estimate of drug-likeness (QED) is 0.829. The van der Waals surface area contributed by atoms with Crippen LogP contribution < -0.4 is 5.32 Å². The van der Waals surface area contributed by atoms with E-state index in [0.717, 1.165) is 25.9 Å². The first kappa shape index (κ1) is 18.9. The zero-order valence-corrected chi connectivity index (χ0v) is 14.2. The highest BCUT2D eigenvalue weighted by Crippen LogP contribution is 2.21. The van der Waals surface area contributed by atoms with Crippen LogP contribution in [0.15, 0.2) is 29.2 Å². The molecule has 0 bridgehead atoms. The zero-order chi connectivity index (χ0) is 15.5. The molecule has 1 aliphatic heterocycles. The topological polar surface area (TPSA) is 75.7 Å². The number of piperidine rings is 1. The fourth-order valence-electron chi connectivity index (χ4n) is 2.41. The third-order valence-corrected chi connectivity index (χ3v) is 5.70. The van der Waals surface area contributed by atoms with Crippen molar-refractivity contribution in [3.63, 3.8) is 0 Å². The molecule has 0 amide bonds. The van der Waals surface area contributed by atoms with Crippen molar-refractivity contribution in [2.24, 2.45) is 0 Å². The largest absolute Gasteiger partial charge is 0.465 e. The van der Waals surface area contributed by atoms with Gasteiger partial charge in [-0.1, -0.05) is 0 Å². The van der Waals surface area contributed by atoms with Crippen LogP contribution in [0.3, 0.4) is 0 Å². The molecule has 0 unspecified atom stereocenters. The standard InChI is InChI=1S/C14H20N2O4S.ClH/c1-16(12-7-9-15-10-8-12)21(18,19)13-5-3-11(4-6-13)14(17)20-2;/h3-6,12,15H,7-10H2,1-2H3;1H. The van der Waals surface area contributed by atoms with Crippen molar-refractivity contribution < 1.29 is 17.9 Å². The van der Waals surface area contributed by atoms with Gasteiger partial charge in [0.2, 0.25) is 10.0 Å². The Hall–Kier alpha value is -1.15. The summed E-state index contributed by atoms with van der Waals surface area (Å²) in [5.74, 6) is -0.481. The van der Waals surface area contributed by atoms with Crippen LogP contribution in [0.25, 0.3) is 0 Å². The Morgan fingerprint density at radius 1 is 1.23 bits per heavy atom. The minimum Gasteiger partial charge on any atom is -0.465 e. The third kappa shape index (κ3) is 3.98. The van der Waals surface area contributed by atoms with Crippen molar-refractivity contribution in [1.82, 2.24) is 9.62 Å². The number of carbonyl (C=O) groups is 1. The molecule has 1 heterocycles. The molecule has 6 nitrogen and oxygen atoms in total. The summed E-state index contributed by atoms with van der Waals surface area (Å²) >= 11 is 0. The molecule has 1 aromatic carbocycles. The smallest absolute Gasteiger partial charge is 0.337 e. The van der Waals surface area contributed by atoms with E-state index in [1.807, 2.05) is 0 Å². The minimum absolute atomic E-state index is 0. The van der Waals surface area contributed by atoms with Crippen molar-refractivity contribution >= 4 is 28.4 Å². The Morgan fingerprint density at radius 2 is 1.77 bits per heavy atom. The van der Waals surface area contributed by atoms with E-state index in [2.05, 4.69) is 10.1 Å². The molecule has 22 heavy (non-hydrogen) atoms. The van der Waals surface area contributed by atoms with E-state index >= 15 is 0 Å². The summed E-state index contributed by atoms with van der Waals surface area (Å²) in [6.45, 7) is 1.65. The van der Waals surface area contributed by atoms with E-state index < -0.39 is 16.0 Å². The maximum absolute atomic E-state index is 12.6. The summed E-state index contributed by atoms with van der Waals surface area (Å²) in [6, 6.07) is 5.83. The van der Waals surface area contributed by atoms with Crippen LogP contribution in [0.4, 0.5) is 0 Å². The first-order valence-electron chi connectivity index (χ1n) is 6.84. The number of halogens is 1. The molecular weight excluding hydrogens is 328 g/mol. The van der Waals surface area contributed by atoms with Gasteiger partial charge in [0, 0.05) is 13.1 Å². The number of esters is 1. The first-order chi connectivity index (χ1) is 9.96. The predicted molar refractivity (Wildman–Crippen MR) is 85.9 cm³/mol. The third-order valence-electron chi connectivity index (χ3n) is 3.78. The highest BCUT2D eigenvalue weighted by Gasteiger charge is 2.29. The number of hydrogen-bond acceptors (Lipinski definition) is 5. The average Bonchev–Trinajstić information content (AvgIpc) is 2.54. The van der Waals surface area contributed by atoms with Gasteiger partial charge in [-0.3, -0.25) is 0 Å². The van der Waals surface area contributed by atoms with Crippen LogP contribution in [-0.4, -0.2) is 52.0 Å². The van der Waals surface area contributed by atoms with Gasteiger partial charge >= 0.3 is 5.97 Å². The fourth-order valence-corrected chi connectivity index (χ4v) is 3.83. The van der Waals surface area contributed by atoms with Gasteiger partial charge in [-0.25, -0.2) is 13.2 Å². The lowest BCUT2D eigenvalue weighted by Gasteiger charge is -2.30. The van der Waals surface area contributed by atoms with Crippen LogP contribution in [0.5, 0.6) is 0 Å². The maximum Gasteiger partial charge on any atom is 0.337 e. The summed E-state index contributed by atoms with van der Waals surface area (Å²) in [6.07, 6.45) is 1.60. The number of nitrogens with one attached hydrogen (secondary N) is 1. The fraction of sp³-hybridized carbons (Fsp3) is 0.500. The molecule has 0 aliphatic carbocycles. The van der Waals surface area contributed by atoms with Gasteiger partial charge in [0.15, 0.2) is 0 Å². The summed E-state index contributed by atoms with van der Waals surface area (Å²) in [5, 5.41) is 3.21. The molecule has 124 valence electrons. The van der Waals surface area contributed by atoms with Crippen molar-refractivity contribution in [3.05, 3.63) is 29.8 Å². The Kier molecular flexibility index (Phi) is 6.80. The molecule has 2 rings (SSSR count). The van der Waals surface area contributed by atoms with E-state index in [-0.39, 0.29) is 23.3 Å². The van der Waals surface area contributed by atoms with Crippen molar-refractivity contribution in [1.29, 1.82) is 0 Å². The molecule has 1 fully saturated rings. The monoisotopic (exact) mass is 348 g/mol. The number of carbonyl (C=O) groups excluding carboxylic acids is 1. The Labute approximate surface area is 137 Å². The molecule has 0 aromatic heterocycles. The second-order valence-corrected chi connectivity index (χ2v) is 7.02. The van der Waals surface area contributed by atoms with Crippen LogP contribution in [0.2, 0.25) is 0 Å². The molecule has 1 aromatic rings. The number of rotatable bonds is 4. The van der Waals surface area contributed by atoms with Gasteiger partial charge in [0.05, 0.1) is 17.6 Å². The molecule has 0 saturated carbocycles. The first-order valence-corrected chi connectivity index (χ1v) is 8.28. The second kappa shape index (κ2) is 7.92. The second-order valence-electron chi connectivity index (χ2n) is 5.02. The van der Waals surface area contributed by atoms with E-state index in [1.165, 1.54) is 35.7 Å². The van der Waals surface area contributed by atoms with Gasteiger partial charge in [-0.15, -0.1) is 12.4 Å². The Morgan fingerprint density at radius 3 is 2.27 bits per heavy atom. The number of benzene rings is 1. The van der Waals surface area contributed by atoms with Crippen LogP contribution in [0.1, 0.15) is 23.2 Å². The van der Waals surface area contributed by atoms with E-state index in [9.17, 15) is 13.2 Å². The summed E-state index contributed by atoms with van der Waals surface area (Å²) in [5.41, 5.74) is 0.334. The van der Waals surface area contributed by atoms with Crippen LogP contribution in [-0.2, 0) is 14.8 Å². The van der Waals surface area contributed by atoms with Gasteiger partial charge in [0.25, 0.3) is 0 Å². The molecule has 0 spiro atoms. The lowest BCUT2D eigenvalue weighted by atomic mass is 10.1. The number of sulfonamides is 1. The molecule has 0 atom stereocenters. The molecule has 1 aliphatic rings. The number of ether oxygens (including phenoxy) is 1. The van der Waals surface area contributed by atoms with Gasteiger partial charge in [0.1, 0.15) is 0 Å². The lowest BCUT2D eigenvalue weighted by molar-refractivity contribution is 0.0600. The molecule has 8 heteroatoms. The highest BCUT2D eigenvalue weighted by molar-refractivity contribution is 7.89. The Balaban J connectivity index is 0.00000242. The summed E-state index contributed by atoms with van der Waals surface area (Å²) in [4.78, 5) is 11.6. The Bertz CT molecular complexity index is 598. The van der Waals surface area contributed by atoms with Crippen molar-refractivity contribution in [2.45, 2.75) is 23.8 Å². The van der Waals surface area contributed by atoms with Crippen molar-refractivity contribution in [2.75, 3.05) is 27.2 Å². The van der Waals surface area contributed by atoms with E-state index in [4.69, 9.17) is 0 Å². The number of hydrogen-bond donors (Lipinski definition) is 1. The average molecular weight is 349 g/mol. The minimum atomic E-state index is -3.53. The van der Waals surface area contributed by atoms with Crippen LogP contribution >= 0.6 is 12.4 Å². The summed E-state index contributed by atoms with van der Waals surface area (Å²) in [7, 11) is -0.634. The molecule has 0 radical (unpaired) electrons. The number of nitrogens with zero attached hydrogens (tertiary/aromatic N) is 1. The van der Waals surface area contributed by atoms with E-state index in [0.29, 0.717) is 5.56 Å². The zero-order valence-electron chi connectivity index (χ0n) is 12.6. The van der Waals surface area contributed by atoms with Crippen LogP contribution in [0, 0.1) is 0 Å². The molecule has 1 saturated heterocycles. The van der Waals surface area contributed by atoms with Gasteiger partial charge < -0.3 is 10.1 Å². The normalized spacial score (nSPS) is 16.1. The lowest BCUT2D eigenvalue weighted by Crippen LogP contribution is -2.43. The predicted octanol–water partition coefficient (Wildman–Crippen LogP) is 1.27. The maximum atomic E-state index is 12.6. The molecular formula is C14H21ClN2O4S. The summed E-state index contributed by atoms with van der Waals surface area (Å²) < 4.78 is 31.2. The van der Waals surface area contributed by atoms with E-state index in [1.54, 1.807) is 7.05 Å². The highest BCUT2D eigenvalue weighted by atomic mass is 35.5. The van der Waals surface area contributed by atoms with Gasteiger partial charge in [-0.2, -0.15) is 4.31 Å². The number of methoxy groups -OCH3 is 1.